The van der Waals surface area contributed by atoms with Crippen LogP contribution in [-0.2, 0) is 0 Å². The molecule has 0 fully saturated rings. The summed E-state index contributed by atoms with van der Waals surface area (Å²) in [6, 6.07) is 23.2. The molecule has 9 rings (SSSR count). The van der Waals surface area contributed by atoms with Crippen LogP contribution in [0.1, 0.15) is 59.8 Å². The summed E-state index contributed by atoms with van der Waals surface area (Å²) < 4.78 is 69.9. The van der Waals surface area contributed by atoms with Gasteiger partial charge in [0.25, 0.3) is 0 Å². The maximum Gasteiger partial charge on any atom is 0.204 e. The Bertz CT molecular complexity index is 2910. The number of ether oxygens (including phenoxy) is 1. The third-order valence-corrected chi connectivity index (χ3v) is 10.7. The van der Waals surface area contributed by atoms with Crippen molar-refractivity contribution >= 4 is 33.7 Å². The van der Waals surface area contributed by atoms with Gasteiger partial charge in [0, 0.05) is 33.7 Å². The van der Waals surface area contributed by atoms with Crippen molar-refractivity contribution in [3.8, 4) is 23.0 Å². The number of hydrogen-bond acceptors (Lipinski definition) is 6. The van der Waals surface area contributed by atoms with E-state index in [-0.39, 0.29) is 40.8 Å². The van der Waals surface area contributed by atoms with E-state index < -0.39 is 34.6 Å². The van der Waals surface area contributed by atoms with Crippen LogP contribution in [0.15, 0.2) is 154 Å². The van der Waals surface area contributed by atoms with Crippen molar-refractivity contribution < 1.29 is 37.6 Å². The minimum atomic E-state index is -1.68. The summed E-state index contributed by atoms with van der Waals surface area (Å²) in [5, 5.41) is 31.8. The van der Waals surface area contributed by atoms with Gasteiger partial charge in [-0.2, -0.15) is 8.78 Å². The van der Waals surface area contributed by atoms with Crippen LogP contribution < -0.4 is 4.74 Å². The van der Waals surface area contributed by atoms with Crippen LogP contribution in [0, 0.1) is 23.3 Å². The number of phenols is 3. The number of benzene rings is 4. The number of nitrogens with one attached hydrogen (secondary N) is 1. The minimum Gasteiger partial charge on any atom is -0.508 e. The Balaban J connectivity index is 1.37. The fraction of sp³-hybridized carbons (Fsp3) is 0.102. The lowest BCUT2D eigenvalue weighted by atomic mass is 9.91. The fourth-order valence-electron chi connectivity index (χ4n) is 7.93. The highest BCUT2D eigenvalue weighted by Crippen LogP contribution is 2.44. The summed E-state index contributed by atoms with van der Waals surface area (Å²) in [5.41, 5.74) is 5.88. The predicted molar refractivity (Wildman–Crippen MR) is 225 cm³/mol. The predicted octanol–water partition coefficient (Wildman–Crippen LogP) is 11.3. The number of nitrogens with zero attached hydrogens (tertiary/aromatic N) is 2. The minimum absolute atomic E-state index is 0.00692. The molecule has 0 unspecified atom stereocenters. The molecule has 1 aromatic heterocycles. The SMILES string of the molecule is CCCCOc1c(F)c(F)c(C2=C3C=CC(=N3)C(c3cccc(O)c3)=C3C=CC(=C(c4cccc(O)c4)C4=NC(=C(c5cccc(O)c5)c5ccc2[nH]5)C=C4)C3)c(F)c1F. The van der Waals surface area contributed by atoms with Gasteiger partial charge in [-0.15, -0.1) is 0 Å². The molecule has 0 spiro atoms. The zero-order valence-electron chi connectivity index (χ0n) is 32.0. The van der Waals surface area contributed by atoms with Crippen molar-refractivity contribution in [3.05, 3.63) is 201 Å². The summed E-state index contributed by atoms with van der Waals surface area (Å²) in [7, 11) is 0. The van der Waals surface area contributed by atoms with Gasteiger partial charge < -0.3 is 25.0 Å². The molecule has 11 heteroatoms. The fourth-order valence-corrected chi connectivity index (χ4v) is 7.93. The van der Waals surface area contributed by atoms with Gasteiger partial charge in [0.2, 0.25) is 11.6 Å². The lowest BCUT2D eigenvalue weighted by molar-refractivity contribution is 0.266. The van der Waals surface area contributed by atoms with Gasteiger partial charge in [-0.25, -0.2) is 18.8 Å². The molecule has 0 atom stereocenters. The third kappa shape index (κ3) is 6.77. The molecule has 4 heterocycles. The number of unbranched alkanes of at least 4 members (excludes halogenated alkanes) is 1. The number of allylic oxidation sites excluding steroid dienone is 10. The van der Waals surface area contributed by atoms with Crippen molar-refractivity contribution in [1.82, 2.24) is 4.98 Å². The van der Waals surface area contributed by atoms with Crippen LogP contribution in [0.2, 0.25) is 0 Å². The summed E-state index contributed by atoms with van der Waals surface area (Å²) in [5.74, 6) is -7.80. The van der Waals surface area contributed by atoms with Gasteiger partial charge in [0.1, 0.15) is 17.2 Å². The highest BCUT2D eigenvalue weighted by atomic mass is 19.2. The number of aliphatic imine (C=N–C) groups is 2. The van der Waals surface area contributed by atoms with Crippen molar-refractivity contribution in [1.29, 1.82) is 0 Å². The van der Waals surface area contributed by atoms with Crippen LogP contribution in [0.25, 0.3) is 22.3 Å². The Morgan fingerprint density at radius 1 is 0.567 bits per heavy atom. The van der Waals surface area contributed by atoms with Gasteiger partial charge in [-0.3, -0.25) is 0 Å². The smallest absolute Gasteiger partial charge is 0.204 e. The van der Waals surface area contributed by atoms with Gasteiger partial charge in [-0.1, -0.05) is 61.9 Å². The number of H-pyrrole nitrogens is 1. The quantitative estimate of drug-likeness (QED) is 0.0711. The van der Waals surface area contributed by atoms with E-state index in [1.807, 2.05) is 31.2 Å². The van der Waals surface area contributed by atoms with Gasteiger partial charge >= 0.3 is 0 Å². The summed E-state index contributed by atoms with van der Waals surface area (Å²) in [4.78, 5) is 13.3. The topological polar surface area (TPSA) is 110 Å². The maximum absolute atomic E-state index is 16.5. The molecule has 3 aliphatic heterocycles. The Hall–Kier alpha value is -7.40. The largest absolute Gasteiger partial charge is 0.508 e. The monoisotopic (exact) mass is 805 g/mol. The van der Waals surface area contributed by atoms with Crippen molar-refractivity contribution in [2.24, 2.45) is 9.98 Å². The highest BCUT2D eigenvalue weighted by molar-refractivity contribution is 6.34. The molecule has 0 radical (unpaired) electrons. The molecule has 5 aromatic rings. The number of fused-ring (bicyclic) bond motifs is 6. The first-order valence-corrected chi connectivity index (χ1v) is 19.3. The van der Waals surface area contributed by atoms with E-state index >= 15 is 17.6 Å². The zero-order chi connectivity index (χ0) is 41.7. The van der Waals surface area contributed by atoms with Crippen LogP contribution in [0.3, 0.4) is 0 Å². The molecule has 60 heavy (non-hydrogen) atoms. The number of phenolic OH excluding ortho intramolecular Hbond substituents is 3. The molecule has 7 nitrogen and oxygen atoms in total. The van der Waals surface area contributed by atoms with E-state index in [0.29, 0.717) is 69.9 Å². The van der Waals surface area contributed by atoms with Crippen molar-refractivity contribution in [2.75, 3.05) is 6.61 Å². The second kappa shape index (κ2) is 15.4. The standard InChI is InChI=1S/C49H35F4N3O4/c1-2-3-21-60-49-47(52)45(50)44(46(51)48(49)53)43-38-19-16-35(55-38)41(27-8-5-11-32(58)24-27)30-14-13-29(22-30)40(26-7-4-10-31(57)23-26)34-15-17-36(54-34)42(37-18-20-39(43)56-37)28-9-6-12-33(59)25-28/h4-20,23-25,56-59H,2-3,21-22H2,1H3. The molecule has 1 aliphatic carbocycles. The second-order valence-electron chi connectivity index (χ2n) is 14.6. The van der Waals surface area contributed by atoms with Crippen LogP contribution in [-0.4, -0.2) is 38.3 Å². The van der Waals surface area contributed by atoms with Crippen molar-refractivity contribution in [2.45, 2.75) is 26.2 Å². The number of hydrogen-bond donors (Lipinski definition) is 4. The first-order chi connectivity index (χ1) is 29.1. The molecule has 4 aromatic carbocycles. The number of aromatic hydroxyl groups is 3. The summed E-state index contributed by atoms with van der Waals surface area (Å²) in [6.07, 6.45) is 12.1. The van der Waals surface area contributed by atoms with Crippen LogP contribution in [0.4, 0.5) is 17.6 Å². The molecule has 0 amide bonds. The highest BCUT2D eigenvalue weighted by Gasteiger charge is 2.33. The van der Waals surface area contributed by atoms with E-state index in [4.69, 9.17) is 14.7 Å². The molecule has 4 N–H and O–H groups in total. The van der Waals surface area contributed by atoms with Gasteiger partial charge in [0.05, 0.1) is 35.0 Å². The molecule has 0 saturated heterocycles. The maximum atomic E-state index is 16.5. The first kappa shape index (κ1) is 38.1. The van der Waals surface area contributed by atoms with E-state index in [1.54, 1.807) is 72.8 Å². The second-order valence-corrected chi connectivity index (χ2v) is 14.6. The average molecular weight is 806 g/mol. The molecular weight excluding hydrogens is 771 g/mol. The number of aromatic nitrogens is 1. The summed E-state index contributed by atoms with van der Waals surface area (Å²) in [6.45, 7) is 1.69. The normalized spacial score (nSPS) is 15.8. The number of rotatable bonds is 8. The third-order valence-electron chi connectivity index (χ3n) is 10.7. The van der Waals surface area contributed by atoms with Gasteiger partial charge in [-0.05, 0) is 114 Å². The molecule has 8 bridgehead atoms. The number of halogens is 4. The van der Waals surface area contributed by atoms with Gasteiger partial charge in [0.15, 0.2) is 17.4 Å². The zero-order valence-corrected chi connectivity index (χ0v) is 32.0. The number of aromatic amines is 1. The molecular formula is C49H35F4N3O4. The van der Waals surface area contributed by atoms with E-state index in [0.717, 1.165) is 16.7 Å². The first-order valence-electron chi connectivity index (χ1n) is 19.3. The van der Waals surface area contributed by atoms with E-state index in [2.05, 4.69) is 4.98 Å². The van der Waals surface area contributed by atoms with Crippen molar-refractivity contribution in [3.63, 3.8) is 0 Å². The lowest BCUT2D eigenvalue weighted by Crippen LogP contribution is -2.10. The molecule has 0 saturated carbocycles. The Labute approximate surface area is 342 Å². The van der Waals surface area contributed by atoms with E-state index in [1.165, 1.54) is 24.3 Å². The average Bonchev–Trinajstić information content (AvgIpc) is 4.08. The Morgan fingerprint density at radius 2 is 1.03 bits per heavy atom. The van der Waals surface area contributed by atoms with E-state index in [9.17, 15) is 15.3 Å². The Morgan fingerprint density at radius 3 is 1.52 bits per heavy atom. The van der Waals surface area contributed by atoms with Crippen LogP contribution in [0.5, 0.6) is 23.0 Å². The molecule has 298 valence electrons. The molecule has 4 aliphatic rings. The summed E-state index contributed by atoms with van der Waals surface area (Å²) >= 11 is 0. The Kier molecular flexibility index (Phi) is 9.79. The lowest BCUT2D eigenvalue weighted by Gasteiger charge is -2.16. The van der Waals surface area contributed by atoms with Crippen LogP contribution >= 0.6 is 0 Å².